The first-order valence-corrected chi connectivity index (χ1v) is 7.83. The van der Waals surface area contributed by atoms with E-state index >= 15 is 0 Å². The van der Waals surface area contributed by atoms with Crippen LogP contribution in [0.1, 0.15) is 11.4 Å². The van der Waals surface area contributed by atoms with Crippen molar-refractivity contribution in [3.05, 3.63) is 23.2 Å². The van der Waals surface area contributed by atoms with Crippen molar-refractivity contribution >= 4 is 33.1 Å². The lowest BCUT2D eigenvalue weighted by molar-refractivity contribution is -0.127. The Kier molecular flexibility index (Phi) is 3.93. The molecule has 1 unspecified atom stereocenters. The lowest BCUT2D eigenvalue weighted by Gasteiger charge is -2.25. The van der Waals surface area contributed by atoms with Gasteiger partial charge in [0.25, 0.3) is 0 Å². The van der Waals surface area contributed by atoms with Crippen molar-refractivity contribution < 1.29 is 9.53 Å². The van der Waals surface area contributed by atoms with E-state index in [-0.39, 0.29) is 5.91 Å². The summed E-state index contributed by atoms with van der Waals surface area (Å²) in [4.78, 5) is 17.1. The van der Waals surface area contributed by atoms with Crippen LogP contribution in [0.3, 0.4) is 0 Å². The highest BCUT2D eigenvalue weighted by Gasteiger charge is 2.41. The van der Waals surface area contributed by atoms with Gasteiger partial charge < -0.3 is 15.4 Å². The lowest BCUT2D eigenvalue weighted by Crippen LogP contribution is -2.41. The molecule has 2 N–H and O–H groups in total. The van der Waals surface area contributed by atoms with Crippen LogP contribution in [-0.2, 0) is 9.53 Å². The first kappa shape index (κ1) is 14.4. The summed E-state index contributed by atoms with van der Waals surface area (Å²) in [5.41, 5.74) is 1.33. The minimum atomic E-state index is -0.465. The molecule has 21 heavy (non-hydrogen) atoms. The molecule has 1 saturated heterocycles. The molecular formula is C15H19N3O2S. The number of aromatic nitrogens is 1. The van der Waals surface area contributed by atoms with Crippen molar-refractivity contribution in [3.8, 4) is 0 Å². The first-order valence-electron chi connectivity index (χ1n) is 7.01. The zero-order valence-electron chi connectivity index (χ0n) is 12.2. The van der Waals surface area contributed by atoms with Gasteiger partial charge in [-0.2, -0.15) is 0 Å². The van der Waals surface area contributed by atoms with Crippen LogP contribution in [0.5, 0.6) is 0 Å². The average molecular weight is 305 g/mol. The number of nitrogens with one attached hydrogen (secondary N) is 2. The molecule has 3 rings (SSSR count). The number of anilines is 1. The predicted octanol–water partition coefficient (Wildman–Crippen LogP) is 2.17. The summed E-state index contributed by atoms with van der Waals surface area (Å²) in [6.07, 6.45) is 0.800. The lowest BCUT2D eigenvalue weighted by atomic mass is 9.87. The summed E-state index contributed by atoms with van der Waals surface area (Å²) >= 11 is 1.64. The van der Waals surface area contributed by atoms with Gasteiger partial charge in [-0.05, 0) is 38.1 Å². The molecule has 1 amide bonds. The number of ether oxygens (including phenoxy) is 1. The second-order valence-corrected chi connectivity index (χ2v) is 6.74. The summed E-state index contributed by atoms with van der Waals surface area (Å²) in [6, 6.07) is 5.84. The van der Waals surface area contributed by atoms with E-state index in [9.17, 15) is 4.79 Å². The normalized spacial score (nSPS) is 21.8. The van der Waals surface area contributed by atoms with Crippen molar-refractivity contribution in [3.63, 3.8) is 0 Å². The Morgan fingerprint density at radius 2 is 2.43 bits per heavy atom. The number of fused-ring (bicyclic) bond motifs is 1. The van der Waals surface area contributed by atoms with Crippen LogP contribution in [0.2, 0.25) is 0 Å². The molecule has 6 heteroatoms. The molecule has 1 fully saturated rings. The van der Waals surface area contributed by atoms with Gasteiger partial charge in [-0.1, -0.05) is 0 Å². The van der Waals surface area contributed by atoms with E-state index in [1.807, 2.05) is 25.1 Å². The third-order valence-electron chi connectivity index (χ3n) is 3.90. The molecule has 0 bridgehead atoms. The minimum Gasteiger partial charge on any atom is -0.384 e. The molecule has 0 spiro atoms. The zero-order valence-corrected chi connectivity index (χ0v) is 13.0. The molecule has 2 heterocycles. The second kappa shape index (κ2) is 5.71. The van der Waals surface area contributed by atoms with Crippen molar-refractivity contribution in [1.82, 2.24) is 10.3 Å². The maximum absolute atomic E-state index is 12.6. The van der Waals surface area contributed by atoms with Crippen LogP contribution in [0.25, 0.3) is 10.2 Å². The Morgan fingerprint density at radius 1 is 1.57 bits per heavy atom. The zero-order chi connectivity index (χ0) is 14.9. The smallest absolute Gasteiger partial charge is 0.234 e. The maximum Gasteiger partial charge on any atom is 0.234 e. The van der Waals surface area contributed by atoms with E-state index in [4.69, 9.17) is 4.74 Å². The summed E-state index contributed by atoms with van der Waals surface area (Å²) < 4.78 is 6.35. The van der Waals surface area contributed by atoms with E-state index in [0.29, 0.717) is 13.2 Å². The second-order valence-electron chi connectivity index (χ2n) is 5.51. The molecule has 1 aromatic heterocycles. The maximum atomic E-state index is 12.6. The van der Waals surface area contributed by atoms with Gasteiger partial charge in [0.1, 0.15) is 0 Å². The van der Waals surface area contributed by atoms with Crippen LogP contribution in [0.4, 0.5) is 5.69 Å². The summed E-state index contributed by atoms with van der Waals surface area (Å²) in [6.45, 7) is 3.94. The standard InChI is InChI=1S/C15H19N3O2S/c1-10-17-12-4-3-11(7-13(12)21-10)18-14(19)15(9-20-2)5-6-16-8-15/h3-4,7,16H,5-6,8-9H2,1-2H3,(H,18,19). The number of carbonyl (C=O) groups excluding carboxylic acids is 1. The minimum absolute atomic E-state index is 0.0231. The molecule has 1 aliphatic heterocycles. The van der Waals surface area contributed by atoms with E-state index in [0.717, 1.165) is 33.9 Å². The van der Waals surface area contributed by atoms with E-state index in [2.05, 4.69) is 15.6 Å². The number of benzene rings is 1. The Bertz CT molecular complexity index is 662. The first-order chi connectivity index (χ1) is 10.1. The average Bonchev–Trinajstić information content (AvgIpc) is 3.05. The fourth-order valence-corrected chi connectivity index (χ4v) is 3.65. The van der Waals surface area contributed by atoms with Crippen LogP contribution >= 0.6 is 11.3 Å². The summed E-state index contributed by atoms with van der Waals surface area (Å²) in [5, 5.41) is 7.31. The van der Waals surface area contributed by atoms with Gasteiger partial charge in [0.15, 0.2) is 0 Å². The van der Waals surface area contributed by atoms with Crippen molar-refractivity contribution in [2.45, 2.75) is 13.3 Å². The molecule has 112 valence electrons. The van der Waals surface area contributed by atoms with Crippen LogP contribution in [0.15, 0.2) is 18.2 Å². The SMILES string of the molecule is COCC1(C(=O)Nc2ccc3nc(C)sc3c2)CCNC1. The fraction of sp³-hybridized carbons (Fsp3) is 0.467. The molecule has 1 atom stereocenters. The molecule has 0 radical (unpaired) electrons. The third kappa shape index (κ3) is 2.79. The van der Waals surface area contributed by atoms with Gasteiger partial charge in [0, 0.05) is 19.3 Å². The van der Waals surface area contributed by atoms with Gasteiger partial charge in [-0.15, -0.1) is 11.3 Å². The van der Waals surface area contributed by atoms with Gasteiger partial charge in [0.2, 0.25) is 5.91 Å². The Labute approximate surface area is 127 Å². The van der Waals surface area contributed by atoms with Gasteiger partial charge in [0.05, 0.1) is 27.2 Å². The monoisotopic (exact) mass is 305 g/mol. The highest BCUT2D eigenvalue weighted by Crippen LogP contribution is 2.29. The van der Waals surface area contributed by atoms with Gasteiger partial charge in [-0.3, -0.25) is 4.79 Å². The van der Waals surface area contributed by atoms with E-state index in [1.165, 1.54) is 0 Å². The van der Waals surface area contributed by atoms with Crippen LogP contribution < -0.4 is 10.6 Å². The largest absolute Gasteiger partial charge is 0.384 e. The number of carbonyl (C=O) groups is 1. The molecule has 0 saturated carbocycles. The molecule has 5 nitrogen and oxygen atoms in total. The number of amides is 1. The predicted molar refractivity (Wildman–Crippen MR) is 84.8 cm³/mol. The molecule has 1 aliphatic rings. The van der Waals surface area contributed by atoms with Crippen molar-refractivity contribution in [2.24, 2.45) is 5.41 Å². The van der Waals surface area contributed by atoms with Gasteiger partial charge >= 0.3 is 0 Å². The molecule has 2 aromatic rings. The highest BCUT2D eigenvalue weighted by atomic mass is 32.1. The Morgan fingerprint density at radius 3 is 3.14 bits per heavy atom. The van der Waals surface area contributed by atoms with Crippen molar-refractivity contribution in [1.29, 1.82) is 0 Å². The third-order valence-corrected chi connectivity index (χ3v) is 4.83. The number of nitrogens with zero attached hydrogens (tertiary/aromatic N) is 1. The molecule has 1 aromatic carbocycles. The summed E-state index contributed by atoms with van der Waals surface area (Å²) in [5.74, 6) is 0.0231. The molecule has 0 aliphatic carbocycles. The summed E-state index contributed by atoms with van der Waals surface area (Å²) in [7, 11) is 1.64. The number of hydrogen-bond acceptors (Lipinski definition) is 5. The Balaban J connectivity index is 1.81. The number of thiazole rings is 1. The van der Waals surface area contributed by atoms with Gasteiger partial charge in [-0.25, -0.2) is 4.98 Å². The number of rotatable bonds is 4. The quantitative estimate of drug-likeness (QED) is 0.909. The van der Waals surface area contributed by atoms with E-state index < -0.39 is 5.41 Å². The van der Waals surface area contributed by atoms with Crippen LogP contribution in [-0.4, -0.2) is 37.7 Å². The van der Waals surface area contributed by atoms with Crippen molar-refractivity contribution in [2.75, 3.05) is 32.1 Å². The topological polar surface area (TPSA) is 63.2 Å². The van der Waals surface area contributed by atoms with E-state index in [1.54, 1.807) is 18.4 Å². The Hall–Kier alpha value is -1.50. The number of methoxy groups -OCH3 is 1. The van der Waals surface area contributed by atoms with Crippen LogP contribution in [0, 0.1) is 12.3 Å². The molecular weight excluding hydrogens is 286 g/mol. The number of hydrogen-bond donors (Lipinski definition) is 2. The highest BCUT2D eigenvalue weighted by molar-refractivity contribution is 7.18. The fourth-order valence-electron chi connectivity index (χ4n) is 2.78. The number of aryl methyl sites for hydroxylation is 1.